The summed E-state index contributed by atoms with van der Waals surface area (Å²) in [6.45, 7) is 2.25. The van der Waals surface area contributed by atoms with Gasteiger partial charge in [0.25, 0.3) is 0 Å². The third-order valence-corrected chi connectivity index (χ3v) is 5.99. The number of hydrogen-bond acceptors (Lipinski definition) is 5. The highest BCUT2D eigenvalue weighted by Gasteiger charge is 2.13. The van der Waals surface area contributed by atoms with Gasteiger partial charge in [0.2, 0.25) is 10.0 Å². The number of hydrogen-bond donors (Lipinski definition) is 1. The van der Waals surface area contributed by atoms with E-state index in [0.717, 1.165) is 27.5 Å². The molecule has 0 bridgehead atoms. The minimum atomic E-state index is -3.36. The number of aromatic nitrogens is 2. The zero-order valence-electron chi connectivity index (χ0n) is 13.8. The second-order valence-electron chi connectivity index (χ2n) is 5.67. The summed E-state index contributed by atoms with van der Waals surface area (Å²) >= 11 is 1.52. The van der Waals surface area contributed by atoms with Crippen molar-refractivity contribution in [2.24, 2.45) is 0 Å². The molecule has 2 aromatic heterocycles. The lowest BCUT2D eigenvalue weighted by atomic mass is 10.1. The first-order chi connectivity index (χ1) is 12.0. The van der Waals surface area contributed by atoms with Crippen molar-refractivity contribution < 1.29 is 8.42 Å². The van der Waals surface area contributed by atoms with Crippen LogP contribution in [0.1, 0.15) is 16.1 Å². The molecular formula is C18H19N3O2S2. The van der Waals surface area contributed by atoms with Gasteiger partial charge in [0.05, 0.1) is 22.1 Å². The van der Waals surface area contributed by atoms with Crippen molar-refractivity contribution in [3.8, 4) is 11.4 Å². The van der Waals surface area contributed by atoms with Crippen LogP contribution in [-0.2, 0) is 22.2 Å². The number of sulfonamides is 1. The minimum absolute atomic E-state index is 0.00325. The van der Waals surface area contributed by atoms with Crippen LogP contribution in [0, 0.1) is 6.92 Å². The van der Waals surface area contributed by atoms with Gasteiger partial charge in [0.15, 0.2) is 0 Å². The molecule has 0 fully saturated rings. The molecule has 0 aliphatic heterocycles. The fourth-order valence-electron chi connectivity index (χ4n) is 2.40. The molecule has 0 aliphatic rings. The third-order valence-electron chi connectivity index (χ3n) is 3.75. The zero-order chi connectivity index (χ0) is 17.7. The zero-order valence-corrected chi connectivity index (χ0v) is 15.5. The topological polar surface area (TPSA) is 72.0 Å². The standard InChI is InChI=1S/C18H19N3O2S2/c1-14-6-2-3-7-15(14)13-25(22,23)20-11-9-18-21-17(12-24-18)16-8-4-5-10-19-16/h2-8,10,12,20H,9,11,13H2,1H3. The molecule has 7 heteroatoms. The maximum absolute atomic E-state index is 12.2. The van der Waals surface area contributed by atoms with E-state index < -0.39 is 10.0 Å². The van der Waals surface area contributed by atoms with E-state index in [0.29, 0.717) is 13.0 Å². The summed E-state index contributed by atoms with van der Waals surface area (Å²) in [5.74, 6) is -0.00325. The van der Waals surface area contributed by atoms with E-state index in [4.69, 9.17) is 0 Å². The van der Waals surface area contributed by atoms with Crippen molar-refractivity contribution in [1.29, 1.82) is 0 Å². The number of aryl methyl sites for hydroxylation is 1. The van der Waals surface area contributed by atoms with Crippen LogP contribution in [0.5, 0.6) is 0 Å². The van der Waals surface area contributed by atoms with Crippen molar-refractivity contribution in [1.82, 2.24) is 14.7 Å². The monoisotopic (exact) mass is 373 g/mol. The molecule has 1 aromatic carbocycles. The Morgan fingerprint density at radius 1 is 1.08 bits per heavy atom. The van der Waals surface area contributed by atoms with E-state index in [1.807, 2.05) is 54.8 Å². The Bertz CT molecular complexity index is 938. The molecule has 5 nitrogen and oxygen atoms in total. The normalized spacial score (nSPS) is 11.6. The van der Waals surface area contributed by atoms with Gasteiger partial charge in [-0.15, -0.1) is 11.3 Å². The number of nitrogens with one attached hydrogen (secondary N) is 1. The van der Waals surface area contributed by atoms with Gasteiger partial charge < -0.3 is 0 Å². The first-order valence-electron chi connectivity index (χ1n) is 7.91. The average molecular weight is 374 g/mol. The fourth-order valence-corrected chi connectivity index (χ4v) is 4.44. The van der Waals surface area contributed by atoms with Crippen molar-refractivity contribution >= 4 is 21.4 Å². The molecule has 3 aromatic rings. The quantitative estimate of drug-likeness (QED) is 0.690. The Morgan fingerprint density at radius 3 is 2.64 bits per heavy atom. The van der Waals surface area contributed by atoms with Gasteiger partial charge in [-0.05, 0) is 30.2 Å². The smallest absolute Gasteiger partial charge is 0.215 e. The van der Waals surface area contributed by atoms with E-state index in [1.165, 1.54) is 11.3 Å². The molecule has 0 unspecified atom stereocenters. The molecule has 0 amide bonds. The van der Waals surface area contributed by atoms with Crippen LogP contribution >= 0.6 is 11.3 Å². The second-order valence-corrected chi connectivity index (χ2v) is 8.42. The van der Waals surface area contributed by atoms with Crippen molar-refractivity contribution in [2.75, 3.05) is 6.54 Å². The van der Waals surface area contributed by atoms with Gasteiger partial charge >= 0.3 is 0 Å². The highest BCUT2D eigenvalue weighted by atomic mass is 32.2. The summed E-state index contributed by atoms with van der Waals surface area (Å²) in [6.07, 6.45) is 2.29. The van der Waals surface area contributed by atoms with Gasteiger partial charge in [-0.3, -0.25) is 4.98 Å². The third kappa shape index (κ3) is 4.94. The van der Waals surface area contributed by atoms with E-state index in [-0.39, 0.29) is 5.75 Å². The van der Waals surface area contributed by atoms with Gasteiger partial charge in [0.1, 0.15) is 0 Å². The molecule has 0 spiro atoms. The molecule has 0 aliphatic carbocycles. The maximum Gasteiger partial charge on any atom is 0.215 e. The Labute approximate surface area is 151 Å². The lowest BCUT2D eigenvalue weighted by Crippen LogP contribution is -2.27. The second kappa shape index (κ2) is 7.86. The first kappa shape index (κ1) is 17.7. The maximum atomic E-state index is 12.2. The van der Waals surface area contributed by atoms with Crippen LogP contribution < -0.4 is 4.72 Å². The SMILES string of the molecule is Cc1ccccc1CS(=O)(=O)NCCc1nc(-c2ccccn2)cs1. The Balaban J connectivity index is 1.56. The summed E-state index contributed by atoms with van der Waals surface area (Å²) < 4.78 is 27.1. The predicted molar refractivity (Wildman–Crippen MR) is 101 cm³/mol. The molecule has 25 heavy (non-hydrogen) atoms. The van der Waals surface area contributed by atoms with Gasteiger partial charge in [-0.2, -0.15) is 0 Å². The first-order valence-corrected chi connectivity index (χ1v) is 10.4. The van der Waals surface area contributed by atoms with E-state index in [1.54, 1.807) is 6.20 Å². The Morgan fingerprint density at radius 2 is 1.88 bits per heavy atom. The van der Waals surface area contributed by atoms with Crippen molar-refractivity contribution in [3.63, 3.8) is 0 Å². The van der Waals surface area contributed by atoms with Gasteiger partial charge in [-0.25, -0.2) is 18.1 Å². The van der Waals surface area contributed by atoms with E-state index in [9.17, 15) is 8.42 Å². The highest BCUT2D eigenvalue weighted by molar-refractivity contribution is 7.88. The molecule has 2 heterocycles. The van der Waals surface area contributed by atoms with Crippen LogP contribution in [0.3, 0.4) is 0 Å². The summed E-state index contributed by atoms with van der Waals surface area (Å²) in [4.78, 5) is 8.79. The summed E-state index contributed by atoms with van der Waals surface area (Å²) in [5.41, 5.74) is 3.45. The molecule has 1 N–H and O–H groups in total. The number of nitrogens with zero attached hydrogens (tertiary/aromatic N) is 2. The lowest BCUT2D eigenvalue weighted by molar-refractivity contribution is 0.580. The average Bonchev–Trinajstić information content (AvgIpc) is 3.06. The van der Waals surface area contributed by atoms with Crippen LogP contribution in [0.2, 0.25) is 0 Å². The molecule has 0 saturated heterocycles. The van der Waals surface area contributed by atoms with Gasteiger partial charge in [0, 0.05) is 24.5 Å². The van der Waals surface area contributed by atoms with Crippen LogP contribution in [0.25, 0.3) is 11.4 Å². The highest BCUT2D eigenvalue weighted by Crippen LogP contribution is 2.19. The predicted octanol–water partition coefficient (Wildman–Crippen LogP) is 3.18. The van der Waals surface area contributed by atoms with Gasteiger partial charge in [-0.1, -0.05) is 30.3 Å². The van der Waals surface area contributed by atoms with Crippen molar-refractivity contribution in [3.05, 3.63) is 70.2 Å². The minimum Gasteiger partial charge on any atom is -0.255 e. The molecule has 130 valence electrons. The summed E-state index contributed by atoms with van der Waals surface area (Å²) in [7, 11) is -3.36. The molecule has 0 radical (unpaired) electrons. The van der Waals surface area contributed by atoms with Crippen LogP contribution in [-0.4, -0.2) is 24.9 Å². The lowest BCUT2D eigenvalue weighted by Gasteiger charge is -2.08. The van der Waals surface area contributed by atoms with Crippen LogP contribution in [0.15, 0.2) is 54.0 Å². The number of benzene rings is 1. The Hall–Kier alpha value is -2.09. The fraction of sp³-hybridized carbons (Fsp3) is 0.222. The number of rotatable bonds is 7. The van der Waals surface area contributed by atoms with E-state index in [2.05, 4.69) is 14.7 Å². The summed E-state index contributed by atoms with van der Waals surface area (Å²) in [5, 5.41) is 2.83. The summed E-state index contributed by atoms with van der Waals surface area (Å²) in [6, 6.07) is 13.2. The molecule has 0 atom stereocenters. The number of thiazole rings is 1. The van der Waals surface area contributed by atoms with Crippen LogP contribution in [0.4, 0.5) is 0 Å². The molecule has 3 rings (SSSR count). The molecular weight excluding hydrogens is 354 g/mol. The molecule has 0 saturated carbocycles. The number of pyridine rings is 1. The van der Waals surface area contributed by atoms with E-state index >= 15 is 0 Å². The largest absolute Gasteiger partial charge is 0.255 e. The Kier molecular flexibility index (Phi) is 5.57. The van der Waals surface area contributed by atoms with Crippen molar-refractivity contribution in [2.45, 2.75) is 19.1 Å².